The molecule has 3 nitrogen and oxygen atoms in total. The molecule has 4 heteroatoms. The van der Waals surface area contributed by atoms with Crippen LogP contribution in [-0.2, 0) is 6.54 Å². The summed E-state index contributed by atoms with van der Waals surface area (Å²) < 4.78 is 1.05. The Balaban J connectivity index is 2.95. The molecule has 0 spiro atoms. The zero-order valence-electron chi connectivity index (χ0n) is 11.7. The summed E-state index contributed by atoms with van der Waals surface area (Å²) >= 11 is 3.51. The van der Waals surface area contributed by atoms with Gasteiger partial charge < -0.3 is 10.2 Å². The molecule has 102 valence electrons. The highest BCUT2D eigenvalue weighted by Crippen LogP contribution is 2.22. The summed E-state index contributed by atoms with van der Waals surface area (Å²) in [6.45, 7) is 10.6. The van der Waals surface area contributed by atoms with E-state index in [1.807, 2.05) is 6.20 Å². The molecule has 1 aromatic heterocycles. The highest BCUT2D eigenvalue weighted by Gasteiger charge is 2.11. The van der Waals surface area contributed by atoms with Crippen molar-refractivity contribution in [3.8, 4) is 0 Å². The molecular weight excluding hydrogens is 290 g/mol. The van der Waals surface area contributed by atoms with Crippen LogP contribution in [0.1, 0.15) is 39.2 Å². The van der Waals surface area contributed by atoms with Gasteiger partial charge in [-0.25, -0.2) is 4.98 Å². The lowest BCUT2D eigenvalue weighted by atomic mass is 10.2. The van der Waals surface area contributed by atoms with Crippen molar-refractivity contribution in [2.45, 2.75) is 40.2 Å². The summed E-state index contributed by atoms with van der Waals surface area (Å²) in [6, 6.07) is 2.17. The fourth-order valence-electron chi connectivity index (χ4n) is 2.01. The van der Waals surface area contributed by atoms with Gasteiger partial charge in [-0.1, -0.05) is 20.8 Å². The molecule has 18 heavy (non-hydrogen) atoms. The molecule has 0 atom stereocenters. The van der Waals surface area contributed by atoms with Crippen LogP contribution in [0, 0.1) is 0 Å². The number of aromatic nitrogens is 1. The number of hydrogen-bond donors (Lipinski definition) is 1. The summed E-state index contributed by atoms with van der Waals surface area (Å²) in [7, 11) is 0. The summed E-state index contributed by atoms with van der Waals surface area (Å²) in [5.41, 5.74) is 1.27. The maximum atomic E-state index is 4.61. The van der Waals surface area contributed by atoms with E-state index in [0.717, 1.165) is 49.3 Å². The molecule has 0 unspecified atom stereocenters. The molecule has 0 aromatic carbocycles. The molecule has 1 rings (SSSR count). The Hall–Kier alpha value is -0.610. The number of nitrogens with one attached hydrogen (secondary N) is 1. The van der Waals surface area contributed by atoms with Crippen molar-refractivity contribution in [2.24, 2.45) is 0 Å². The Bertz CT molecular complexity index is 349. The van der Waals surface area contributed by atoms with Gasteiger partial charge in [0.1, 0.15) is 5.82 Å². The number of hydrogen-bond acceptors (Lipinski definition) is 3. The number of pyridine rings is 1. The van der Waals surface area contributed by atoms with Gasteiger partial charge in [0.25, 0.3) is 0 Å². The van der Waals surface area contributed by atoms with Gasteiger partial charge in [0.05, 0.1) is 0 Å². The molecule has 0 aliphatic heterocycles. The first kappa shape index (κ1) is 15.4. The van der Waals surface area contributed by atoms with Gasteiger partial charge in [-0.3, -0.25) is 0 Å². The van der Waals surface area contributed by atoms with Crippen LogP contribution >= 0.6 is 15.9 Å². The quantitative estimate of drug-likeness (QED) is 0.795. The maximum Gasteiger partial charge on any atom is 0.133 e. The number of anilines is 1. The molecule has 0 saturated heterocycles. The molecule has 0 fully saturated rings. The van der Waals surface area contributed by atoms with Gasteiger partial charge in [0.15, 0.2) is 0 Å². The van der Waals surface area contributed by atoms with Crippen molar-refractivity contribution >= 4 is 21.7 Å². The van der Waals surface area contributed by atoms with Gasteiger partial charge in [-0.15, -0.1) is 0 Å². The molecule has 0 bridgehead atoms. The first-order chi connectivity index (χ1) is 8.72. The highest BCUT2D eigenvalue weighted by molar-refractivity contribution is 9.10. The van der Waals surface area contributed by atoms with Crippen LogP contribution in [0.3, 0.4) is 0 Å². The third-order valence-electron chi connectivity index (χ3n) is 2.76. The zero-order valence-corrected chi connectivity index (χ0v) is 13.3. The molecule has 1 aromatic rings. The van der Waals surface area contributed by atoms with Crippen LogP contribution in [-0.4, -0.2) is 24.6 Å². The summed E-state index contributed by atoms with van der Waals surface area (Å²) in [4.78, 5) is 7.00. The van der Waals surface area contributed by atoms with Crippen LogP contribution in [0.2, 0.25) is 0 Å². The van der Waals surface area contributed by atoms with Crippen molar-refractivity contribution in [3.63, 3.8) is 0 Å². The van der Waals surface area contributed by atoms with E-state index in [1.165, 1.54) is 5.56 Å². The average molecular weight is 314 g/mol. The second kappa shape index (κ2) is 8.48. The summed E-state index contributed by atoms with van der Waals surface area (Å²) in [6.07, 6.45) is 4.19. The SMILES string of the molecule is CCCN(CCC)c1ncc(Br)cc1CNCC. The molecule has 0 radical (unpaired) electrons. The third-order valence-corrected chi connectivity index (χ3v) is 3.20. The van der Waals surface area contributed by atoms with E-state index in [1.54, 1.807) is 0 Å². The Morgan fingerprint density at radius 3 is 2.44 bits per heavy atom. The minimum Gasteiger partial charge on any atom is -0.356 e. The van der Waals surface area contributed by atoms with Crippen LogP contribution in [0.4, 0.5) is 5.82 Å². The fraction of sp³-hybridized carbons (Fsp3) is 0.643. The van der Waals surface area contributed by atoms with Gasteiger partial charge >= 0.3 is 0 Å². The molecule has 0 aliphatic rings. The molecule has 0 saturated carbocycles. The molecule has 1 heterocycles. The predicted molar refractivity (Wildman–Crippen MR) is 82.1 cm³/mol. The lowest BCUT2D eigenvalue weighted by Gasteiger charge is -2.25. The Labute approximate surface area is 119 Å². The highest BCUT2D eigenvalue weighted by atomic mass is 79.9. The number of rotatable bonds is 8. The van der Waals surface area contributed by atoms with Gasteiger partial charge in [-0.2, -0.15) is 0 Å². The summed E-state index contributed by atoms with van der Waals surface area (Å²) in [5.74, 6) is 1.13. The minimum atomic E-state index is 0.877. The lowest BCUT2D eigenvalue weighted by molar-refractivity contribution is 0.697. The predicted octanol–water partition coefficient (Wildman–Crippen LogP) is 3.58. The van der Waals surface area contributed by atoms with Crippen molar-refractivity contribution in [2.75, 3.05) is 24.5 Å². The molecule has 0 amide bonds. The van der Waals surface area contributed by atoms with E-state index in [-0.39, 0.29) is 0 Å². The van der Waals surface area contributed by atoms with E-state index in [0.29, 0.717) is 0 Å². The molecule has 1 N–H and O–H groups in total. The first-order valence-electron chi connectivity index (χ1n) is 6.82. The maximum absolute atomic E-state index is 4.61. The second-order valence-corrected chi connectivity index (χ2v) is 5.32. The standard InChI is InChI=1S/C14H24BrN3/c1-4-7-18(8-5-2)14-12(10-16-6-3)9-13(15)11-17-14/h9,11,16H,4-8,10H2,1-3H3. The van der Waals surface area contributed by atoms with E-state index in [4.69, 9.17) is 0 Å². The number of nitrogens with zero attached hydrogens (tertiary/aromatic N) is 2. The normalized spacial score (nSPS) is 10.7. The van der Waals surface area contributed by atoms with Crippen molar-refractivity contribution in [1.29, 1.82) is 0 Å². The molecule has 0 aliphatic carbocycles. The molecular formula is C14H24BrN3. The Morgan fingerprint density at radius 2 is 1.89 bits per heavy atom. The van der Waals surface area contributed by atoms with Crippen LogP contribution < -0.4 is 10.2 Å². The third kappa shape index (κ3) is 4.58. The Morgan fingerprint density at radius 1 is 1.22 bits per heavy atom. The van der Waals surface area contributed by atoms with E-state index in [9.17, 15) is 0 Å². The zero-order chi connectivity index (χ0) is 13.4. The van der Waals surface area contributed by atoms with E-state index in [2.05, 4.69) is 58.0 Å². The lowest BCUT2D eigenvalue weighted by Crippen LogP contribution is -2.28. The van der Waals surface area contributed by atoms with Crippen molar-refractivity contribution in [1.82, 2.24) is 10.3 Å². The fourth-order valence-corrected chi connectivity index (χ4v) is 2.39. The average Bonchev–Trinajstić information content (AvgIpc) is 2.36. The van der Waals surface area contributed by atoms with Crippen molar-refractivity contribution < 1.29 is 0 Å². The van der Waals surface area contributed by atoms with Crippen LogP contribution in [0.15, 0.2) is 16.7 Å². The number of halogens is 1. The summed E-state index contributed by atoms with van der Waals surface area (Å²) in [5, 5.41) is 3.38. The topological polar surface area (TPSA) is 28.2 Å². The smallest absolute Gasteiger partial charge is 0.133 e. The van der Waals surface area contributed by atoms with Gasteiger partial charge in [-0.05, 0) is 41.4 Å². The second-order valence-electron chi connectivity index (χ2n) is 4.40. The van der Waals surface area contributed by atoms with Gasteiger partial charge in [0.2, 0.25) is 0 Å². The van der Waals surface area contributed by atoms with E-state index < -0.39 is 0 Å². The van der Waals surface area contributed by atoms with E-state index >= 15 is 0 Å². The van der Waals surface area contributed by atoms with Crippen LogP contribution in [0.25, 0.3) is 0 Å². The minimum absolute atomic E-state index is 0.877. The Kier molecular flexibility index (Phi) is 7.28. The monoisotopic (exact) mass is 313 g/mol. The first-order valence-corrected chi connectivity index (χ1v) is 7.62. The largest absolute Gasteiger partial charge is 0.356 e. The van der Waals surface area contributed by atoms with Crippen LogP contribution in [0.5, 0.6) is 0 Å². The van der Waals surface area contributed by atoms with Gasteiger partial charge in [0, 0.05) is 35.9 Å². The van der Waals surface area contributed by atoms with Crippen molar-refractivity contribution in [3.05, 3.63) is 22.3 Å².